The van der Waals surface area contributed by atoms with Crippen LogP contribution in [-0.4, -0.2) is 37.1 Å². The fraction of sp³-hybridized carbons (Fsp3) is 0.600. The van der Waals surface area contributed by atoms with Crippen molar-refractivity contribution in [1.29, 1.82) is 0 Å². The summed E-state index contributed by atoms with van der Waals surface area (Å²) in [7, 11) is 0. The van der Waals surface area contributed by atoms with Gasteiger partial charge in [-0.05, 0) is 50.3 Å². The van der Waals surface area contributed by atoms with E-state index in [1.807, 2.05) is 13.8 Å². The predicted octanol–water partition coefficient (Wildman–Crippen LogP) is 3.18. The second-order valence-electron chi connectivity index (χ2n) is 6.92. The van der Waals surface area contributed by atoms with Crippen molar-refractivity contribution >= 4 is 11.8 Å². The average Bonchev–Trinajstić information content (AvgIpc) is 2.67. The Kier molecular flexibility index (Phi) is 8.16. The van der Waals surface area contributed by atoms with E-state index in [2.05, 4.69) is 10.6 Å². The monoisotopic (exact) mass is 382 g/mol. The number of carbonyl (C=O) groups is 2. The van der Waals surface area contributed by atoms with E-state index >= 15 is 0 Å². The Balaban J connectivity index is 2.07. The topological polar surface area (TPSA) is 67.4 Å². The van der Waals surface area contributed by atoms with E-state index in [0.717, 1.165) is 25.0 Å². The number of amides is 2. The number of benzene rings is 1. The first-order valence-corrected chi connectivity index (χ1v) is 9.61. The van der Waals surface area contributed by atoms with Gasteiger partial charge in [-0.15, -0.1) is 0 Å². The third kappa shape index (κ3) is 5.99. The maximum atomic E-state index is 13.4. The molecule has 7 heteroatoms. The summed E-state index contributed by atoms with van der Waals surface area (Å²) in [5.74, 6) is -2.78. The maximum Gasteiger partial charge on any atom is 0.251 e. The van der Waals surface area contributed by atoms with Crippen molar-refractivity contribution in [3.8, 4) is 0 Å². The Morgan fingerprint density at radius 3 is 2.59 bits per heavy atom. The molecule has 2 rings (SSSR count). The Labute approximate surface area is 158 Å². The molecule has 1 aliphatic rings. The second kappa shape index (κ2) is 10.3. The summed E-state index contributed by atoms with van der Waals surface area (Å²) in [6.07, 6.45) is 3.32. The lowest BCUT2D eigenvalue weighted by Gasteiger charge is -2.36. The summed E-state index contributed by atoms with van der Waals surface area (Å²) in [5.41, 5.74) is 0.0423. The van der Waals surface area contributed by atoms with Gasteiger partial charge in [0.05, 0.1) is 12.1 Å². The van der Waals surface area contributed by atoms with E-state index in [-0.39, 0.29) is 29.5 Å². The molecule has 0 spiro atoms. The third-order valence-electron chi connectivity index (χ3n) is 4.74. The highest BCUT2D eigenvalue weighted by molar-refractivity contribution is 5.94. The minimum Gasteiger partial charge on any atom is -0.376 e. The Hall–Kier alpha value is -2.02. The van der Waals surface area contributed by atoms with E-state index in [1.54, 1.807) is 0 Å². The van der Waals surface area contributed by atoms with E-state index in [1.165, 1.54) is 6.07 Å². The van der Waals surface area contributed by atoms with Crippen LogP contribution in [0.3, 0.4) is 0 Å². The molecule has 0 aromatic heterocycles. The lowest BCUT2D eigenvalue weighted by Crippen LogP contribution is -2.50. The quantitative estimate of drug-likeness (QED) is 0.726. The van der Waals surface area contributed by atoms with Crippen molar-refractivity contribution in [3.63, 3.8) is 0 Å². The Morgan fingerprint density at radius 1 is 1.15 bits per heavy atom. The summed E-state index contributed by atoms with van der Waals surface area (Å²) < 4.78 is 32.4. The maximum absolute atomic E-state index is 13.4. The van der Waals surface area contributed by atoms with Gasteiger partial charge in [0.2, 0.25) is 5.91 Å². The first-order chi connectivity index (χ1) is 13.0. The van der Waals surface area contributed by atoms with Gasteiger partial charge in [-0.1, -0.05) is 13.8 Å². The lowest BCUT2D eigenvalue weighted by molar-refractivity contribution is -0.127. The summed E-state index contributed by atoms with van der Waals surface area (Å²) in [6, 6.07) is 2.69. The van der Waals surface area contributed by atoms with Gasteiger partial charge in [0, 0.05) is 24.6 Å². The van der Waals surface area contributed by atoms with Gasteiger partial charge in [0.1, 0.15) is 0 Å². The summed E-state index contributed by atoms with van der Waals surface area (Å²) in [4.78, 5) is 24.8. The van der Waals surface area contributed by atoms with Crippen LogP contribution in [-0.2, 0) is 9.53 Å². The summed E-state index contributed by atoms with van der Waals surface area (Å²) in [5, 5.41) is 5.74. The van der Waals surface area contributed by atoms with E-state index in [0.29, 0.717) is 32.4 Å². The minimum atomic E-state index is -1.07. The van der Waals surface area contributed by atoms with Gasteiger partial charge in [-0.3, -0.25) is 9.59 Å². The number of nitrogens with one attached hydrogen (secondary N) is 2. The van der Waals surface area contributed by atoms with Crippen molar-refractivity contribution in [2.45, 2.75) is 58.1 Å². The van der Waals surface area contributed by atoms with Gasteiger partial charge in [-0.25, -0.2) is 8.78 Å². The molecule has 27 heavy (non-hydrogen) atoms. The number of halogens is 2. The zero-order valence-corrected chi connectivity index (χ0v) is 15.9. The van der Waals surface area contributed by atoms with Crippen LogP contribution in [0.1, 0.15) is 56.3 Å². The van der Waals surface area contributed by atoms with Crippen molar-refractivity contribution in [1.82, 2.24) is 10.6 Å². The molecule has 1 saturated carbocycles. The number of rotatable bonds is 8. The fourth-order valence-corrected chi connectivity index (χ4v) is 3.28. The molecule has 2 N–H and O–H groups in total. The average molecular weight is 382 g/mol. The van der Waals surface area contributed by atoms with Crippen molar-refractivity contribution in [2.24, 2.45) is 5.92 Å². The molecule has 0 heterocycles. The largest absolute Gasteiger partial charge is 0.376 e. The molecule has 3 atom stereocenters. The SMILES string of the molecule is CCCNC(=O)[C@H]1CC[C@@H](OCCC)[C@H](NC(=O)c2ccc(F)c(F)c2)C1. The minimum absolute atomic E-state index is 0.0159. The van der Waals surface area contributed by atoms with Gasteiger partial charge < -0.3 is 15.4 Å². The molecule has 1 aliphatic carbocycles. The highest BCUT2D eigenvalue weighted by Gasteiger charge is 2.35. The van der Waals surface area contributed by atoms with Crippen LogP contribution in [0.5, 0.6) is 0 Å². The van der Waals surface area contributed by atoms with E-state index < -0.39 is 17.5 Å². The molecule has 5 nitrogen and oxygen atoms in total. The smallest absolute Gasteiger partial charge is 0.251 e. The van der Waals surface area contributed by atoms with Crippen LogP contribution in [0, 0.1) is 17.6 Å². The standard InChI is InChI=1S/C20H28F2N2O3/c1-3-9-23-19(25)14-6-8-18(27-10-4-2)17(12-14)24-20(26)13-5-7-15(21)16(22)11-13/h5,7,11,14,17-18H,3-4,6,8-10,12H2,1-2H3,(H,23,25)(H,24,26)/t14-,17+,18+/m0/s1. The highest BCUT2D eigenvalue weighted by atomic mass is 19.2. The molecule has 0 bridgehead atoms. The highest BCUT2D eigenvalue weighted by Crippen LogP contribution is 2.27. The second-order valence-corrected chi connectivity index (χ2v) is 6.92. The molecule has 1 aromatic carbocycles. The van der Waals surface area contributed by atoms with Crippen LogP contribution in [0.4, 0.5) is 8.78 Å². The zero-order valence-electron chi connectivity index (χ0n) is 15.9. The number of hydrogen-bond acceptors (Lipinski definition) is 3. The van der Waals surface area contributed by atoms with Gasteiger partial charge in [-0.2, -0.15) is 0 Å². The van der Waals surface area contributed by atoms with Crippen molar-refractivity contribution in [3.05, 3.63) is 35.4 Å². The molecule has 0 aliphatic heterocycles. The fourth-order valence-electron chi connectivity index (χ4n) is 3.28. The molecular weight excluding hydrogens is 354 g/mol. The molecule has 0 saturated heterocycles. The van der Waals surface area contributed by atoms with Crippen LogP contribution >= 0.6 is 0 Å². The number of ether oxygens (including phenoxy) is 1. The molecule has 2 amide bonds. The molecule has 0 unspecified atom stereocenters. The lowest BCUT2D eigenvalue weighted by atomic mass is 9.82. The molecule has 1 aromatic rings. The first kappa shape index (κ1) is 21.3. The van der Waals surface area contributed by atoms with Crippen LogP contribution in [0.25, 0.3) is 0 Å². The Morgan fingerprint density at radius 2 is 1.93 bits per heavy atom. The van der Waals surface area contributed by atoms with E-state index in [9.17, 15) is 18.4 Å². The van der Waals surface area contributed by atoms with Crippen LogP contribution in [0.15, 0.2) is 18.2 Å². The molecular formula is C20H28F2N2O3. The molecule has 0 radical (unpaired) electrons. The van der Waals surface area contributed by atoms with Crippen molar-refractivity contribution in [2.75, 3.05) is 13.2 Å². The third-order valence-corrected chi connectivity index (χ3v) is 4.74. The van der Waals surface area contributed by atoms with Gasteiger partial charge in [0.15, 0.2) is 11.6 Å². The predicted molar refractivity (Wildman–Crippen MR) is 98.3 cm³/mol. The Bertz CT molecular complexity index is 654. The molecule has 1 fully saturated rings. The number of hydrogen-bond donors (Lipinski definition) is 2. The van der Waals surface area contributed by atoms with Crippen LogP contribution in [0.2, 0.25) is 0 Å². The number of carbonyl (C=O) groups excluding carboxylic acids is 2. The summed E-state index contributed by atoms with van der Waals surface area (Å²) in [6.45, 7) is 5.17. The molecule has 150 valence electrons. The normalized spacial score (nSPS) is 22.3. The van der Waals surface area contributed by atoms with Crippen LogP contribution < -0.4 is 10.6 Å². The van der Waals surface area contributed by atoms with Crippen molar-refractivity contribution < 1.29 is 23.1 Å². The first-order valence-electron chi connectivity index (χ1n) is 9.61. The van der Waals surface area contributed by atoms with Gasteiger partial charge >= 0.3 is 0 Å². The van der Waals surface area contributed by atoms with E-state index in [4.69, 9.17) is 4.74 Å². The zero-order chi connectivity index (χ0) is 19.8. The van der Waals surface area contributed by atoms with Gasteiger partial charge in [0.25, 0.3) is 5.91 Å². The summed E-state index contributed by atoms with van der Waals surface area (Å²) >= 11 is 0.